The van der Waals surface area contributed by atoms with Gasteiger partial charge in [-0.25, -0.2) is 0 Å². The molecule has 21 heavy (non-hydrogen) atoms. The van der Waals surface area contributed by atoms with E-state index >= 15 is 0 Å². The summed E-state index contributed by atoms with van der Waals surface area (Å²) >= 11 is 0. The third-order valence-corrected chi connectivity index (χ3v) is 2.28. The molecule has 0 atom stereocenters. The van der Waals surface area contributed by atoms with E-state index in [1.165, 1.54) is 18.2 Å². The zero-order valence-corrected chi connectivity index (χ0v) is 10.8. The van der Waals surface area contributed by atoms with E-state index in [1.807, 2.05) is 0 Å². The molecule has 0 aliphatic carbocycles. The van der Waals surface area contributed by atoms with Gasteiger partial charge in [-0.3, -0.25) is 20.9 Å². The van der Waals surface area contributed by atoms with Gasteiger partial charge in [-0.2, -0.15) is 10.4 Å². The quantitative estimate of drug-likeness (QED) is 0.207. The molecular weight excluding hydrogens is 278 g/mol. The van der Waals surface area contributed by atoms with Gasteiger partial charge in [-0.1, -0.05) is 0 Å². The number of hydrogen-bond acceptors (Lipinski definition) is 8. The Morgan fingerprint density at radius 2 is 2.33 bits per heavy atom. The van der Waals surface area contributed by atoms with Crippen LogP contribution in [0.3, 0.4) is 0 Å². The van der Waals surface area contributed by atoms with E-state index in [9.17, 15) is 10.1 Å². The molecule has 0 fully saturated rings. The lowest BCUT2D eigenvalue weighted by Gasteiger charge is -2.07. The topological polar surface area (TPSA) is 173 Å². The van der Waals surface area contributed by atoms with Crippen molar-refractivity contribution in [3.63, 3.8) is 0 Å². The highest BCUT2D eigenvalue weighted by Gasteiger charge is 2.14. The normalized spacial score (nSPS) is 10.6. The summed E-state index contributed by atoms with van der Waals surface area (Å²) in [6, 6.07) is 5.75. The molecule has 0 spiro atoms. The second-order valence-electron chi connectivity index (χ2n) is 3.74. The zero-order valence-electron chi connectivity index (χ0n) is 10.8. The lowest BCUT2D eigenvalue weighted by Crippen LogP contribution is -2.21. The minimum atomic E-state index is -0.592. The number of nitrogens with zero attached hydrogens (tertiary/aromatic N) is 3. The van der Waals surface area contributed by atoms with Gasteiger partial charge in [0, 0.05) is 12.6 Å². The van der Waals surface area contributed by atoms with Crippen molar-refractivity contribution < 1.29 is 10.0 Å². The van der Waals surface area contributed by atoms with Crippen LogP contribution < -0.4 is 16.5 Å². The molecule has 0 amide bonds. The predicted octanol–water partition coefficient (Wildman–Crippen LogP) is 0.226. The van der Waals surface area contributed by atoms with Crippen LogP contribution in [0.1, 0.15) is 0 Å². The van der Waals surface area contributed by atoms with Gasteiger partial charge < -0.3 is 16.2 Å². The Hall–Kier alpha value is -3.19. The summed E-state index contributed by atoms with van der Waals surface area (Å²) in [5, 5.41) is 41.7. The summed E-state index contributed by atoms with van der Waals surface area (Å²) in [6.45, 7) is 0.0142. The number of amidine groups is 1. The van der Waals surface area contributed by atoms with Crippen LogP contribution in [-0.4, -0.2) is 34.7 Å². The molecule has 0 aliphatic heterocycles. The summed E-state index contributed by atoms with van der Waals surface area (Å²) in [5.74, 6) is -0.513. The minimum absolute atomic E-state index is 0.161. The number of hydrogen-bond donors (Lipinski definition) is 5. The van der Waals surface area contributed by atoms with Crippen molar-refractivity contribution in [1.82, 2.24) is 0 Å². The number of hydrazone groups is 1. The summed E-state index contributed by atoms with van der Waals surface area (Å²) in [7, 11) is 0. The number of aliphatic hydroxyl groups is 1. The smallest absolute Gasteiger partial charge is 0.294 e. The monoisotopic (exact) mass is 291 g/mol. The third-order valence-electron chi connectivity index (χ3n) is 2.28. The van der Waals surface area contributed by atoms with Crippen LogP contribution >= 0.6 is 0 Å². The van der Waals surface area contributed by atoms with Crippen LogP contribution in [0.25, 0.3) is 0 Å². The number of nitro benzene ring substituents is 1. The van der Waals surface area contributed by atoms with Crippen LogP contribution in [0, 0.1) is 26.9 Å². The number of rotatable bonds is 7. The Labute approximate surface area is 119 Å². The van der Waals surface area contributed by atoms with E-state index in [4.69, 9.17) is 21.5 Å². The fraction of sp³-hybridized carbons (Fsp3) is 0.182. The molecule has 6 N–H and O–H groups in total. The molecule has 1 aromatic rings. The highest BCUT2D eigenvalue weighted by molar-refractivity contribution is 6.45. The molecule has 0 saturated heterocycles. The maximum atomic E-state index is 11.0. The number of aliphatic hydroxyl groups excluding tert-OH is 1. The van der Waals surface area contributed by atoms with E-state index in [2.05, 4.69) is 15.8 Å². The lowest BCUT2D eigenvalue weighted by molar-refractivity contribution is -0.383. The van der Waals surface area contributed by atoms with Crippen molar-refractivity contribution >= 4 is 28.6 Å². The SMILES string of the molecule is N#C/C(=N\Nc1ccc(NCCO)c([N+](=O)[O-])c1)C(=N)N. The van der Waals surface area contributed by atoms with Gasteiger partial charge in [0.15, 0.2) is 5.84 Å². The molecule has 0 saturated carbocycles. The predicted molar refractivity (Wildman–Crippen MR) is 77.3 cm³/mol. The number of nitrogens with one attached hydrogen (secondary N) is 3. The summed E-state index contributed by atoms with van der Waals surface area (Å²) in [6.07, 6.45) is 0. The molecule has 0 bridgehead atoms. The maximum Gasteiger partial charge on any atom is 0.294 e. The Kier molecular flexibility index (Phi) is 5.60. The first-order valence-corrected chi connectivity index (χ1v) is 5.71. The van der Waals surface area contributed by atoms with Crippen LogP contribution in [0.15, 0.2) is 23.3 Å². The second kappa shape index (κ2) is 7.41. The largest absolute Gasteiger partial charge is 0.395 e. The Balaban J connectivity index is 3.01. The number of nitro groups is 1. The average Bonchev–Trinajstić information content (AvgIpc) is 2.45. The average molecular weight is 291 g/mol. The van der Waals surface area contributed by atoms with E-state index in [0.29, 0.717) is 0 Å². The Morgan fingerprint density at radius 3 is 2.86 bits per heavy atom. The maximum absolute atomic E-state index is 11.0. The molecule has 1 rings (SSSR count). The first-order chi connectivity index (χ1) is 9.99. The van der Waals surface area contributed by atoms with E-state index in [-0.39, 0.29) is 35.9 Å². The standard InChI is InChI=1S/C11H13N7O3/c12-6-9(11(13)14)17-16-7-1-2-8(15-3-4-19)10(5-7)18(20)21/h1-2,5,15-16,19H,3-4H2,(H3,13,14)/b17-9+. The van der Waals surface area contributed by atoms with Crippen molar-refractivity contribution in [3.05, 3.63) is 28.3 Å². The summed E-state index contributed by atoms with van der Waals surface area (Å²) < 4.78 is 0. The van der Waals surface area contributed by atoms with Gasteiger partial charge in [0.25, 0.3) is 5.69 Å². The van der Waals surface area contributed by atoms with Crippen molar-refractivity contribution in [2.45, 2.75) is 0 Å². The molecule has 10 nitrogen and oxygen atoms in total. The van der Waals surface area contributed by atoms with E-state index in [1.54, 1.807) is 6.07 Å². The molecule has 1 aromatic carbocycles. The van der Waals surface area contributed by atoms with Gasteiger partial charge in [-0.15, -0.1) is 0 Å². The van der Waals surface area contributed by atoms with Gasteiger partial charge in [-0.05, 0) is 12.1 Å². The molecule has 0 aromatic heterocycles. The highest BCUT2D eigenvalue weighted by atomic mass is 16.6. The highest BCUT2D eigenvalue weighted by Crippen LogP contribution is 2.27. The van der Waals surface area contributed by atoms with Crippen molar-refractivity contribution in [2.24, 2.45) is 10.8 Å². The lowest BCUT2D eigenvalue weighted by atomic mass is 10.2. The Morgan fingerprint density at radius 1 is 1.62 bits per heavy atom. The first-order valence-electron chi connectivity index (χ1n) is 5.71. The van der Waals surface area contributed by atoms with Crippen LogP contribution in [0.5, 0.6) is 0 Å². The minimum Gasteiger partial charge on any atom is -0.395 e. The molecular formula is C11H13N7O3. The molecule has 0 radical (unpaired) electrons. The van der Waals surface area contributed by atoms with Gasteiger partial charge in [0.1, 0.15) is 11.8 Å². The number of anilines is 2. The van der Waals surface area contributed by atoms with Crippen LogP contribution in [-0.2, 0) is 0 Å². The summed E-state index contributed by atoms with van der Waals surface area (Å²) in [5.41, 5.74) is 7.49. The fourth-order valence-corrected chi connectivity index (χ4v) is 1.36. The van der Waals surface area contributed by atoms with Gasteiger partial charge in [0.05, 0.1) is 17.2 Å². The van der Waals surface area contributed by atoms with E-state index < -0.39 is 10.8 Å². The molecule has 0 heterocycles. The fourth-order valence-electron chi connectivity index (χ4n) is 1.36. The molecule has 10 heteroatoms. The van der Waals surface area contributed by atoms with E-state index in [0.717, 1.165) is 0 Å². The van der Waals surface area contributed by atoms with Gasteiger partial charge in [0.2, 0.25) is 5.71 Å². The van der Waals surface area contributed by atoms with Crippen LogP contribution in [0.2, 0.25) is 0 Å². The van der Waals surface area contributed by atoms with Crippen molar-refractivity contribution in [1.29, 1.82) is 10.7 Å². The zero-order chi connectivity index (χ0) is 15.8. The molecule has 110 valence electrons. The molecule has 0 aliphatic rings. The third kappa shape index (κ3) is 4.44. The molecule has 0 unspecified atom stereocenters. The van der Waals surface area contributed by atoms with Crippen molar-refractivity contribution in [2.75, 3.05) is 23.9 Å². The number of nitriles is 1. The second-order valence-corrected chi connectivity index (χ2v) is 3.74. The van der Waals surface area contributed by atoms with Crippen molar-refractivity contribution in [3.8, 4) is 6.07 Å². The van der Waals surface area contributed by atoms with Crippen LogP contribution in [0.4, 0.5) is 17.1 Å². The van der Waals surface area contributed by atoms with Gasteiger partial charge >= 0.3 is 0 Å². The number of benzene rings is 1. The summed E-state index contributed by atoms with van der Waals surface area (Å²) in [4.78, 5) is 10.4. The first kappa shape index (κ1) is 15.9. The number of nitrogens with two attached hydrogens (primary N) is 1. The Bertz CT molecular complexity index is 621.